The molecule has 0 radical (unpaired) electrons. The van der Waals surface area contributed by atoms with Crippen molar-refractivity contribution in [3.05, 3.63) is 41.9 Å². The standard InChI is InChI=1S/C11H11N5/c1-8(10-6-14-15-7-10)16-11-4-9(5-12)2-3-13-11/h2-4,6-8H,1H3,(H,13,16)(H,14,15). The summed E-state index contributed by atoms with van der Waals surface area (Å²) in [4.78, 5) is 4.14. The third kappa shape index (κ3) is 2.17. The number of H-pyrrole nitrogens is 1. The maximum Gasteiger partial charge on any atom is 0.127 e. The van der Waals surface area contributed by atoms with Gasteiger partial charge in [-0.3, -0.25) is 5.10 Å². The first-order valence-corrected chi connectivity index (χ1v) is 4.91. The number of pyridine rings is 1. The minimum absolute atomic E-state index is 0.0974. The van der Waals surface area contributed by atoms with E-state index in [4.69, 9.17) is 5.26 Å². The molecule has 16 heavy (non-hydrogen) atoms. The summed E-state index contributed by atoms with van der Waals surface area (Å²) in [5.74, 6) is 0.688. The van der Waals surface area contributed by atoms with Crippen LogP contribution in [-0.2, 0) is 0 Å². The van der Waals surface area contributed by atoms with Gasteiger partial charge in [0, 0.05) is 18.0 Å². The number of hydrogen-bond acceptors (Lipinski definition) is 4. The van der Waals surface area contributed by atoms with Crippen LogP contribution in [-0.4, -0.2) is 15.2 Å². The molecule has 0 bridgehead atoms. The van der Waals surface area contributed by atoms with Gasteiger partial charge in [-0.2, -0.15) is 10.4 Å². The van der Waals surface area contributed by atoms with E-state index >= 15 is 0 Å². The molecule has 2 N–H and O–H groups in total. The Bertz CT molecular complexity index is 497. The van der Waals surface area contributed by atoms with E-state index in [1.54, 1.807) is 24.5 Å². The molecule has 0 aliphatic heterocycles. The van der Waals surface area contributed by atoms with Gasteiger partial charge in [0.05, 0.1) is 23.9 Å². The molecule has 0 saturated carbocycles. The number of nitriles is 1. The lowest BCUT2D eigenvalue weighted by Gasteiger charge is -2.12. The quantitative estimate of drug-likeness (QED) is 0.815. The van der Waals surface area contributed by atoms with Gasteiger partial charge in [0.25, 0.3) is 0 Å². The van der Waals surface area contributed by atoms with Crippen molar-refractivity contribution in [1.82, 2.24) is 15.2 Å². The van der Waals surface area contributed by atoms with Crippen LogP contribution >= 0.6 is 0 Å². The van der Waals surface area contributed by atoms with Gasteiger partial charge in [-0.25, -0.2) is 4.98 Å². The van der Waals surface area contributed by atoms with E-state index < -0.39 is 0 Å². The van der Waals surface area contributed by atoms with Crippen LogP contribution in [0.15, 0.2) is 30.7 Å². The molecule has 5 nitrogen and oxygen atoms in total. The summed E-state index contributed by atoms with van der Waals surface area (Å²) in [6, 6.07) is 5.57. The van der Waals surface area contributed by atoms with Crippen molar-refractivity contribution >= 4 is 5.82 Å². The molecule has 80 valence electrons. The van der Waals surface area contributed by atoms with Crippen LogP contribution in [0.4, 0.5) is 5.82 Å². The van der Waals surface area contributed by atoms with Crippen LogP contribution in [0.1, 0.15) is 24.1 Å². The summed E-state index contributed by atoms with van der Waals surface area (Å²) in [6.45, 7) is 2.01. The Morgan fingerprint density at radius 1 is 1.56 bits per heavy atom. The van der Waals surface area contributed by atoms with E-state index in [1.807, 2.05) is 13.1 Å². The number of nitrogens with one attached hydrogen (secondary N) is 2. The molecule has 2 heterocycles. The lowest BCUT2D eigenvalue weighted by Crippen LogP contribution is -2.07. The molecule has 0 spiro atoms. The predicted octanol–water partition coefficient (Wildman–Crippen LogP) is 1.85. The smallest absolute Gasteiger partial charge is 0.127 e. The topological polar surface area (TPSA) is 77.4 Å². The number of aromatic amines is 1. The van der Waals surface area contributed by atoms with Crippen LogP contribution in [0.2, 0.25) is 0 Å². The Balaban J connectivity index is 2.12. The minimum Gasteiger partial charge on any atom is -0.363 e. The zero-order chi connectivity index (χ0) is 11.4. The Hall–Kier alpha value is -2.35. The molecule has 2 aromatic rings. The van der Waals surface area contributed by atoms with Crippen molar-refractivity contribution in [2.75, 3.05) is 5.32 Å². The Kier molecular flexibility index (Phi) is 2.83. The fraction of sp³-hybridized carbons (Fsp3) is 0.182. The largest absolute Gasteiger partial charge is 0.363 e. The molecular formula is C11H11N5. The summed E-state index contributed by atoms with van der Waals surface area (Å²) in [7, 11) is 0. The number of aromatic nitrogens is 3. The third-order valence-electron chi connectivity index (χ3n) is 2.27. The van der Waals surface area contributed by atoms with Crippen molar-refractivity contribution in [1.29, 1.82) is 5.26 Å². The summed E-state index contributed by atoms with van der Waals surface area (Å²) in [5.41, 5.74) is 1.64. The second-order valence-corrected chi connectivity index (χ2v) is 3.44. The lowest BCUT2D eigenvalue weighted by atomic mass is 10.2. The summed E-state index contributed by atoms with van der Waals surface area (Å²) in [6.07, 6.45) is 5.20. The second kappa shape index (κ2) is 4.45. The van der Waals surface area contributed by atoms with E-state index in [2.05, 4.69) is 26.6 Å². The molecule has 5 heteroatoms. The Labute approximate surface area is 93.1 Å². The average molecular weight is 213 g/mol. The lowest BCUT2D eigenvalue weighted by molar-refractivity contribution is 0.875. The van der Waals surface area contributed by atoms with Gasteiger partial charge in [-0.05, 0) is 19.1 Å². The van der Waals surface area contributed by atoms with Crippen LogP contribution in [0.25, 0.3) is 0 Å². The molecule has 0 aliphatic carbocycles. The summed E-state index contributed by atoms with van der Waals surface area (Å²) in [5, 5.41) is 18.6. The van der Waals surface area contributed by atoms with Crippen LogP contribution in [0.5, 0.6) is 0 Å². The fourth-order valence-corrected chi connectivity index (χ4v) is 1.38. The van der Waals surface area contributed by atoms with E-state index in [1.165, 1.54) is 0 Å². The average Bonchev–Trinajstić information content (AvgIpc) is 2.83. The highest BCUT2D eigenvalue weighted by Gasteiger charge is 2.06. The van der Waals surface area contributed by atoms with Gasteiger partial charge in [-0.15, -0.1) is 0 Å². The van der Waals surface area contributed by atoms with E-state index in [0.29, 0.717) is 11.4 Å². The summed E-state index contributed by atoms with van der Waals surface area (Å²) < 4.78 is 0. The maximum absolute atomic E-state index is 8.76. The predicted molar refractivity (Wildman–Crippen MR) is 59.6 cm³/mol. The van der Waals surface area contributed by atoms with Gasteiger partial charge in [0.2, 0.25) is 0 Å². The van der Waals surface area contributed by atoms with Crippen LogP contribution < -0.4 is 5.32 Å². The fourth-order valence-electron chi connectivity index (χ4n) is 1.38. The molecular weight excluding hydrogens is 202 g/mol. The molecule has 0 aromatic carbocycles. The van der Waals surface area contributed by atoms with E-state index in [9.17, 15) is 0 Å². The van der Waals surface area contributed by atoms with Gasteiger partial charge in [0.1, 0.15) is 5.82 Å². The van der Waals surface area contributed by atoms with Gasteiger partial charge in [-0.1, -0.05) is 0 Å². The molecule has 0 saturated heterocycles. The Morgan fingerprint density at radius 2 is 2.44 bits per heavy atom. The summed E-state index contributed by atoms with van der Waals surface area (Å²) >= 11 is 0. The highest BCUT2D eigenvalue weighted by Crippen LogP contribution is 2.16. The SMILES string of the molecule is CC(Nc1cc(C#N)ccn1)c1cn[nH]c1. The van der Waals surface area contributed by atoms with Crippen molar-refractivity contribution in [2.45, 2.75) is 13.0 Å². The van der Waals surface area contributed by atoms with Gasteiger partial charge < -0.3 is 5.32 Å². The zero-order valence-electron chi connectivity index (χ0n) is 8.81. The van der Waals surface area contributed by atoms with E-state index in [0.717, 1.165) is 5.56 Å². The molecule has 0 fully saturated rings. The minimum atomic E-state index is 0.0974. The first-order valence-electron chi connectivity index (χ1n) is 4.91. The van der Waals surface area contributed by atoms with Crippen LogP contribution in [0, 0.1) is 11.3 Å². The molecule has 2 aromatic heterocycles. The molecule has 1 atom stereocenters. The van der Waals surface area contributed by atoms with Crippen molar-refractivity contribution in [3.8, 4) is 6.07 Å². The number of nitrogens with zero attached hydrogens (tertiary/aromatic N) is 3. The monoisotopic (exact) mass is 213 g/mol. The first-order chi connectivity index (χ1) is 7.79. The second-order valence-electron chi connectivity index (χ2n) is 3.44. The normalized spacial score (nSPS) is 11.8. The van der Waals surface area contributed by atoms with Crippen molar-refractivity contribution < 1.29 is 0 Å². The highest BCUT2D eigenvalue weighted by molar-refractivity contribution is 5.43. The van der Waals surface area contributed by atoms with Crippen molar-refractivity contribution in [2.24, 2.45) is 0 Å². The zero-order valence-corrected chi connectivity index (χ0v) is 8.81. The van der Waals surface area contributed by atoms with Gasteiger partial charge in [0.15, 0.2) is 0 Å². The Morgan fingerprint density at radius 3 is 3.12 bits per heavy atom. The molecule has 0 amide bonds. The highest BCUT2D eigenvalue weighted by atomic mass is 15.1. The molecule has 2 rings (SSSR count). The van der Waals surface area contributed by atoms with Gasteiger partial charge >= 0.3 is 0 Å². The van der Waals surface area contributed by atoms with Crippen LogP contribution in [0.3, 0.4) is 0 Å². The first kappa shape index (κ1) is 10.2. The third-order valence-corrected chi connectivity index (χ3v) is 2.27. The molecule has 1 unspecified atom stereocenters. The maximum atomic E-state index is 8.76. The number of hydrogen-bond donors (Lipinski definition) is 2. The number of rotatable bonds is 3. The van der Waals surface area contributed by atoms with Crippen molar-refractivity contribution in [3.63, 3.8) is 0 Å². The molecule has 0 aliphatic rings. The number of anilines is 1. The van der Waals surface area contributed by atoms with E-state index in [-0.39, 0.29) is 6.04 Å².